The number of para-hydroxylation sites is 2. The van der Waals surface area contributed by atoms with E-state index >= 15 is 52.7 Å². The smallest absolute Gasteiger partial charge is 0.411 e. The molecule has 0 aliphatic carbocycles. The van der Waals surface area contributed by atoms with Crippen LogP contribution in [0.25, 0.3) is 0 Å². The summed E-state index contributed by atoms with van der Waals surface area (Å²) in [5, 5.41) is 0. The van der Waals surface area contributed by atoms with Crippen molar-refractivity contribution >= 4 is 35.0 Å². The third-order valence-electron chi connectivity index (χ3n) is 13.3. The summed E-state index contributed by atoms with van der Waals surface area (Å²) in [5.74, 6) is -4.22. The summed E-state index contributed by atoms with van der Waals surface area (Å²) in [6.07, 6.45) is -24.2. The van der Waals surface area contributed by atoms with Gasteiger partial charge in [0, 0.05) is 0 Å². The molecule has 0 radical (unpaired) electrons. The van der Waals surface area contributed by atoms with E-state index in [1.165, 1.54) is 60.7 Å². The Morgan fingerprint density at radius 3 is 0.747 bits per heavy atom. The Bertz CT molecular complexity index is 3390. The molecule has 0 saturated carbocycles. The quantitative estimate of drug-likeness (QED) is 0.0887. The van der Waals surface area contributed by atoms with Gasteiger partial charge in [0.1, 0.15) is 34.5 Å². The zero-order valence-corrected chi connectivity index (χ0v) is 39.8. The van der Waals surface area contributed by atoms with Gasteiger partial charge >= 0.3 is 24.7 Å². The Hall–Kier alpha value is -9.40. The third kappa shape index (κ3) is 8.93. The number of benzene rings is 8. The van der Waals surface area contributed by atoms with Crippen molar-refractivity contribution in [2.24, 2.45) is 0 Å². The number of amides is 4. The van der Waals surface area contributed by atoms with Crippen molar-refractivity contribution in [3.63, 3.8) is 0 Å². The van der Waals surface area contributed by atoms with Crippen molar-refractivity contribution in [1.82, 2.24) is 0 Å². The van der Waals surface area contributed by atoms with Crippen LogP contribution in [0.4, 0.5) is 64.1 Å². The molecular weight excluding hydrogens is 1060 g/mol. The third-order valence-corrected chi connectivity index (χ3v) is 13.3. The molecule has 8 aromatic rings. The second-order valence-corrected chi connectivity index (χ2v) is 17.9. The first kappa shape index (κ1) is 53.0. The van der Waals surface area contributed by atoms with Crippen molar-refractivity contribution in [3.8, 4) is 34.5 Å². The van der Waals surface area contributed by atoms with Gasteiger partial charge in [-0.05, 0) is 131 Å². The van der Waals surface area contributed by atoms with Gasteiger partial charge in [0.05, 0.1) is 33.6 Å². The molecule has 0 bridgehead atoms. The maximum Gasteiger partial charge on any atom is 0.411 e. The SMILES string of the molecule is O=C1c2ccc(Oc3ccc(C(c4ccc(Oc5ccc(C(c6ccc(Oc7ccc8c(c7)C(=O)N(c7ccccc7)C8=O)cc6)(C(F)(F)F)C(F)(F)F)cc5)cc4)(C(F)(F)F)C(F)(F)F)cc3)cc2C(=O)N1c1ccccc1. The van der Waals surface area contributed by atoms with Gasteiger partial charge in [-0.1, -0.05) is 84.9 Å². The molecule has 79 heavy (non-hydrogen) atoms. The van der Waals surface area contributed by atoms with E-state index in [-0.39, 0.29) is 56.6 Å². The Kier molecular flexibility index (Phi) is 12.9. The number of ether oxygens (including phenoxy) is 3. The summed E-state index contributed by atoms with van der Waals surface area (Å²) in [7, 11) is 0. The van der Waals surface area contributed by atoms with Crippen LogP contribution in [0.2, 0.25) is 0 Å². The van der Waals surface area contributed by atoms with Crippen LogP contribution in [0, 0.1) is 0 Å². The Labute approximate surface area is 438 Å². The largest absolute Gasteiger partial charge is 0.457 e. The summed E-state index contributed by atoms with van der Waals surface area (Å²) in [6.45, 7) is 0. The number of halogens is 12. The van der Waals surface area contributed by atoms with Gasteiger partial charge in [-0.2, -0.15) is 52.7 Å². The van der Waals surface area contributed by atoms with Gasteiger partial charge < -0.3 is 14.2 Å². The fraction of sp³-hybridized carbons (Fsp3) is 0.103. The molecule has 0 N–H and O–H groups in total. The highest BCUT2D eigenvalue weighted by Crippen LogP contribution is 2.58. The molecule has 2 heterocycles. The maximum atomic E-state index is 15.1. The lowest BCUT2D eigenvalue weighted by Crippen LogP contribution is -2.54. The normalized spacial score (nSPS) is 14.1. The highest BCUT2D eigenvalue weighted by Gasteiger charge is 2.73. The van der Waals surface area contributed by atoms with Crippen molar-refractivity contribution in [2.45, 2.75) is 35.5 Å². The lowest BCUT2D eigenvalue weighted by molar-refractivity contribution is -0.290. The van der Waals surface area contributed by atoms with Crippen LogP contribution in [0.3, 0.4) is 0 Å². The number of hydrogen-bond donors (Lipinski definition) is 0. The van der Waals surface area contributed by atoms with E-state index in [1.54, 1.807) is 36.4 Å². The molecule has 10 rings (SSSR count). The van der Waals surface area contributed by atoms with E-state index in [2.05, 4.69) is 0 Å². The van der Waals surface area contributed by atoms with Crippen LogP contribution in [0.5, 0.6) is 34.5 Å². The van der Waals surface area contributed by atoms with E-state index in [9.17, 15) is 19.2 Å². The molecule has 0 fully saturated rings. The average Bonchev–Trinajstić information content (AvgIpc) is 4.07. The van der Waals surface area contributed by atoms with Crippen LogP contribution in [0.1, 0.15) is 63.7 Å². The number of carbonyl (C=O) groups is 4. The van der Waals surface area contributed by atoms with E-state index in [1.807, 2.05) is 0 Å². The van der Waals surface area contributed by atoms with Crippen molar-refractivity contribution in [3.05, 3.63) is 239 Å². The van der Waals surface area contributed by atoms with Crippen LogP contribution in [-0.2, 0) is 10.8 Å². The number of imide groups is 2. The molecule has 2 aliphatic rings. The minimum absolute atomic E-state index is 0.0271. The van der Waals surface area contributed by atoms with Gasteiger partial charge in [0.15, 0.2) is 0 Å². The molecule has 2 aliphatic heterocycles. The van der Waals surface area contributed by atoms with Crippen molar-refractivity contribution in [2.75, 3.05) is 9.80 Å². The number of anilines is 2. The fourth-order valence-electron chi connectivity index (χ4n) is 9.65. The summed E-state index contributed by atoms with van der Waals surface area (Å²) < 4.78 is 198. The lowest BCUT2D eigenvalue weighted by atomic mass is 9.73. The van der Waals surface area contributed by atoms with Crippen LogP contribution in [-0.4, -0.2) is 48.3 Å². The molecule has 0 unspecified atom stereocenters. The van der Waals surface area contributed by atoms with E-state index < -0.39 is 92.9 Å². The minimum atomic E-state index is -6.06. The minimum Gasteiger partial charge on any atom is -0.457 e. The van der Waals surface area contributed by atoms with Gasteiger partial charge in [-0.15, -0.1) is 0 Å². The lowest BCUT2D eigenvalue weighted by Gasteiger charge is -2.38. The summed E-state index contributed by atoms with van der Waals surface area (Å²) >= 11 is 0. The molecule has 8 aromatic carbocycles. The monoisotopic (exact) mass is 1100 g/mol. The van der Waals surface area contributed by atoms with Crippen LogP contribution in [0.15, 0.2) is 194 Å². The van der Waals surface area contributed by atoms with E-state index in [0.717, 1.165) is 34.1 Å². The van der Waals surface area contributed by atoms with Crippen molar-refractivity contribution in [1.29, 1.82) is 0 Å². The number of rotatable bonds is 12. The molecule has 9 nitrogen and oxygen atoms in total. The number of alkyl halides is 12. The maximum absolute atomic E-state index is 15.1. The summed E-state index contributed by atoms with van der Waals surface area (Å²) in [5.41, 5.74) is -14.2. The standard InChI is InChI=1S/C58H32F12N2O7/c59-55(60,61)53(56(62,63)64,35-15-23-41(24-16-35)78-43-27-29-45-47(31-43)51(75)71(49(45)73)37-7-3-1-4-8-37)33-11-19-39(20-12-33)77-40-21-13-34(14-22-40)54(57(65,66)67,58(68,69)70)36-17-25-42(26-18-36)79-44-28-30-46-48(32-44)52(76)72(50(46)74)38-9-5-2-6-10-38/h1-32H. The predicted molar refractivity (Wildman–Crippen MR) is 260 cm³/mol. The topological polar surface area (TPSA) is 102 Å². The first-order valence-corrected chi connectivity index (χ1v) is 23.2. The fourth-order valence-corrected chi connectivity index (χ4v) is 9.65. The predicted octanol–water partition coefficient (Wildman–Crippen LogP) is 15.5. The molecule has 0 atom stereocenters. The van der Waals surface area contributed by atoms with Crippen LogP contribution < -0.4 is 24.0 Å². The van der Waals surface area contributed by atoms with Crippen molar-refractivity contribution < 1.29 is 86.1 Å². The zero-order valence-electron chi connectivity index (χ0n) is 39.8. The Morgan fingerprint density at radius 2 is 0.494 bits per heavy atom. The zero-order chi connectivity index (χ0) is 56.5. The highest BCUT2D eigenvalue weighted by atomic mass is 19.4. The molecule has 21 heteroatoms. The second kappa shape index (κ2) is 19.3. The van der Waals surface area contributed by atoms with E-state index in [0.29, 0.717) is 72.8 Å². The number of hydrogen-bond acceptors (Lipinski definition) is 7. The summed E-state index contributed by atoms with van der Waals surface area (Å²) in [4.78, 5) is 54.3. The molecule has 4 amide bonds. The Balaban J connectivity index is 0.873. The van der Waals surface area contributed by atoms with Crippen LogP contribution >= 0.6 is 0 Å². The number of fused-ring (bicyclic) bond motifs is 2. The molecule has 0 aromatic heterocycles. The number of carbonyl (C=O) groups excluding carboxylic acids is 4. The Morgan fingerprint density at radius 1 is 0.266 bits per heavy atom. The first-order chi connectivity index (χ1) is 37.3. The number of nitrogens with zero attached hydrogens (tertiary/aromatic N) is 2. The highest BCUT2D eigenvalue weighted by molar-refractivity contribution is 6.35. The van der Waals surface area contributed by atoms with Gasteiger partial charge in [-0.25, -0.2) is 9.80 Å². The molecular formula is C58H32F12N2O7. The molecule has 0 spiro atoms. The van der Waals surface area contributed by atoms with Gasteiger partial charge in [-0.3, -0.25) is 19.2 Å². The first-order valence-electron chi connectivity index (χ1n) is 23.2. The average molecular weight is 1100 g/mol. The summed E-state index contributed by atoms with van der Waals surface area (Å²) in [6, 6.07) is 33.5. The van der Waals surface area contributed by atoms with Gasteiger partial charge in [0.25, 0.3) is 23.6 Å². The second-order valence-electron chi connectivity index (χ2n) is 17.9. The molecule has 0 saturated heterocycles. The van der Waals surface area contributed by atoms with Gasteiger partial charge in [0.2, 0.25) is 10.8 Å². The molecule has 400 valence electrons. The van der Waals surface area contributed by atoms with E-state index in [4.69, 9.17) is 14.2 Å².